The standard InChI is InChI=1S/C20H23N3O6/c1-27-15-5-4-6-16(28-2)18(15)19(25)21-7-8-22-9-10-23-12-17(29-3)14(24)11-13(23)20(22)26/h4-6,11-12H,7-10H2,1-3H3,(H,21,25). The summed E-state index contributed by atoms with van der Waals surface area (Å²) >= 11 is 0. The van der Waals surface area contributed by atoms with Crippen molar-refractivity contribution in [3.63, 3.8) is 0 Å². The number of amides is 2. The first-order valence-electron chi connectivity index (χ1n) is 9.07. The molecule has 0 radical (unpaired) electrons. The first kappa shape index (κ1) is 20.2. The van der Waals surface area contributed by atoms with Crippen LogP contribution < -0.4 is 25.0 Å². The molecule has 1 N–H and O–H groups in total. The van der Waals surface area contributed by atoms with Crippen molar-refractivity contribution in [3.05, 3.63) is 51.9 Å². The highest BCUT2D eigenvalue weighted by Crippen LogP contribution is 2.27. The molecule has 2 aromatic rings. The lowest BCUT2D eigenvalue weighted by Crippen LogP contribution is -2.45. The Kier molecular flexibility index (Phi) is 6.06. The lowest BCUT2D eigenvalue weighted by Gasteiger charge is -2.30. The van der Waals surface area contributed by atoms with E-state index >= 15 is 0 Å². The summed E-state index contributed by atoms with van der Waals surface area (Å²) in [4.78, 5) is 38.9. The van der Waals surface area contributed by atoms with Crippen molar-refractivity contribution in [1.29, 1.82) is 0 Å². The van der Waals surface area contributed by atoms with Gasteiger partial charge in [0.2, 0.25) is 5.43 Å². The second-order valence-electron chi connectivity index (χ2n) is 6.37. The van der Waals surface area contributed by atoms with E-state index in [9.17, 15) is 14.4 Å². The van der Waals surface area contributed by atoms with Crippen LogP contribution in [0.4, 0.5) is 0 Å². The molecule has 1 aliphatic heterocycles. The minimum atomic E-state index is -0.356. The highest BCUT2D eigenvalue weighted by atomic mass is 16.5. The van der Waals surface area contributed by atoms with Crippen molar-refractivity contribution in [2.75, 3.05) is 41.0 Å². The third-order valence-electron chi connectivity index (χ3n) is 4.75. The summed E-state index contributed by atoms with van der Waals surface area (Å²) in [5, 5.41) is 2.79. The van der Waals surface area contributed by atoms with E-state index in [2.05, 4.69) is 5.32 Å². The molecule has 29 heavy (non-hydrogen) atoms. The van der Waals surface area contributed by atoms with Gasteiger partial charge < -0.3 is 29.0 Å². The number of benzene rings is 1. The fourth-order valence-corrected chi connectivity index (χ4v) is 3.25. The molecule has 0 bridgehead atoms. The van der Waals surface area contributed by atoms with Crippen molar-refractivity contribution >= 4 is 11.8 Å². The van der Waals surface area contributed by atoms with Crippen LogP contribution >= 0.6 is 0 Å². The van der Waals surface area contributed by atoms with Gasteiger partial charge in [0, 0.05) is 32.2 Å². The van der Waals surface area contributed by atoms with Gasteiger partial charge in [-0.15, -0.1) is 0 Å². The van der Waals surface area contributed by atoms with Gasteiger partial charge in [-0.3, -0.25) is 14.4 Å². The lowest BCUT2D eigenvalue weighted by molar-refractivity contribution is 0.0696. The largest absolute Gasteiger partial charge is 0.496 e. The van der Waals surface area contributed by atoms with Gasteiger partial charge in [-0.2, -0.15) is 0 Å². The van der Waals surface area contributed by atoms with Gasteiger partial charge in [0.05, 0.1) is 27.5 Å². The molecule has 0 atom stereocenters. The fourth-order valence-electron chi connectivity index (χ4n) is 3.25. The number of ether oxygens (including phenoxy) is 3. The van der Waals surface area contributed by atoms with Crippen LogP contribution in [0.3, 0.4) is 0 Å². The van der Waals surface area contributed by atoms with Crippen molar-refractivity contribution in [1.82, 2.24) is 14.8 Å². The Hall–Kier alpha value is -3.49. The summed E-state index contributed by atoms with van der Waals surface area (Å²) in [7, 11) is 4.37. The van der Waals surface area contributed by atoms with E-state index in [1.807, 2.05) is 0 Å². The summed E-state index contributed by atoms with van der Waals surface area (Å²) in [6.07, 6.45) is 1.54. The fraction of sp³-hybridized carbons (Fsp3) is 0.350. The Morgan fingerprint density at radius 3 is 2.31 bits per heavy atom. The molecule has 1 aromatic heterocycles. The predicted molar refractivity (Wildman–Crippen MR) is 105 cm³/mol. The first-order chi connectivity index (χ1) is 14.0. The zero-order valence-corrected chi connectivity index (χ0v) is 16.6. The highest BCUT2D eigenvalue weighted by Gasteiger charge is 2.25. The van der Waals surface area contributed by atoms with Gasteiger partial charge in [0.25, 0.3) is 11.8 Å². The number of rotatable bonds is 7. The molecular formula is C20H23N3O6. The molecule has 3 rings (SSSR count). The number of hydrogen-bond donors (Lipinski definition) is 1. The summed E-state index contributed by atoms with van der Waals surface area (Å²) in [5.41, 5.74) is 0.261. The number of nitrogens with one attached hydrogen (secondary N) is 1. The lowest BCUT2D eigenvalue weighted by atomic mass is 10.1. The van der Waals surface area contributed by atoms with Crippen LogP contribution in [-0.4, -0.2) is 62.2 Å². The molecule has 2 heterocycles. The van der Waals surface area contributed by atoms with Crippen LogP contribution in [0.15, 0.2) is 35.3 Å². The topological polar surface area (TPSA) is 99.1 Å². The Labute approximate surface area is 167 Å². The first-order valence-corrected chi connectivity index (χ1v) is 9.07. The Morgan fingerprint density at radius 1 is 1.03 bits per heavy atom. The normalized spacial score (nSPS) is 12.9. The number of carbonyl (C=O) groups is 2. The average molecular weight is 401 g/mol. The van der Waals surface area contributed by atoms with Gasteiger partial charge >= 0.3 is 0 Å². The Balaban J connectivity index is 1.66. The molecule has 0 unspecified atom stereocenters. The van der Waals surface area contributed by atoms with Crippen LogP contribution in [0, 0.1) is 0 Å². The minimum absolute atomic E-state index is 0.202. The third kappa shape index (κ3) is 4.03. The molecular weight excluding hydrogens is 378 g/mol. The Bertz CT molecular complexity index is 962. The van der Waals surface area contributed by atoms with E-state index in [0.717, 1.165) is 0 Å². The number of methoxy groups -OCH3 is 3. The number of pyridine rings is 1. The maximum atomic E-state index is 12.7. The van der Waals surface area contributed by atoms with E-state index in [-0.39, 0.29) is 29.5 Å². The van der Waals surface area contributed by atoms with Crippen molar-refractivity contribution in [2.45, 2.75) is 6.54 Å². The third-order valence-corrected chi connectivity index (χ3v) is 4.75. The van der Waals surface area contributed by atoms with Gasteiger partial charge in [-0.25, -0.2) is 0 Å². The number of nitrogens with zero attached hydrogens (tertiary/aromatic N) is 2. The molecule has 0 aliphatic carbocycles. The van der Waals surface area contributed by atoms with Crippen LogP contribution in [-0.2, 0) is 6.54 Å². The summed E-state index contributed by atoms with van der Waals surface area (Å²) in [5.74, 6) is 0.384. The SMILES string of the molecule is COc1cccc(OC)c1C(=O)NCCN1CCn2cc(OC)c(=O)cc2C1=O. The molecule has 9 nitrogen and oxygen atoms in total. The molecule has 1 aromatic carbocycles. The molecule has 0 saturated heterocycles. The summed E-state index contributed by atoms with van der Waals surface area (Å²) < 4.78 is 17.2. The number of fused-ring (bicyclic) bond motifs is 1. The average Bonchev–Trinajstić information content (AvgIpc) is 2.74. The molecule has 154 valence electrons. The van der Waals surface area contributed by atoms with Crippen LogP contribution in [0.25, 0.3) is 0 Å². The van der Waals surface area contributed by atoms with Crippen LogP contribution in [0.2, 0.25) is 0 Å². The van der Waals surface area contributed by atoms with Crippen molar-refractivity contribution < 1.29 is 23.8 Å². The van der Waals surface area contributed by atoms with E-state index in [1.165, 1.54) is 27.4 Å². The molecule has 2 amide bonds. The monoisotopic (exact) mass is 401 g/mol. The van der Waals surface area contributed by atoms with Gasteiger partial charge in [0.15, 0.2) is 5.75 Å². The summed E-state index contributed by atoms with van der Waals surface area (Å²) in [6.45, 7) is 1.55. The number of hydrogen-bond acceptors (Lipinski definition) is 6. The van der Waals surface area contributed by atoms with E-state index in [1.54, 1.807) is 33.9 Å². The quantitative estimate of drug-likeness (QED) is 0.736. The van der Waals surface area contributed by atoms with Crippen LogP contribution in [0.1, 0.15) is 20.8 Å². The second kappa shape index (κ2) is 8.68. The maximum absolute atomic E-state index is 12.7. The van der Waals surface area contributed by atoms with Gasteiger partial charge in [-0.05, 0) is 12.1 Å². The number of carbonyl (C=O) groups excluding carboxylic acids is 2. The molecule has 0 fully saturated rings. The zero-order valence-electron chi connectivity index (χ0n) is 16.6. The molecule has 0 saturated carbocycles. The van der Waals surface area contributed by atoms with E-state index in [0.29, 0.717) is 42.4 Å². The summed E-state index contributed by atoms with van der Waals surface area (Å²) in [6, 6.07) is 6.36. The molecule has 9 heteroatoms. The zero-order chi connectivity index (χ0) is 21.0. The smallest absolute Gasteiger partial charge is 0.270 e. The molecule has 0 spiro atoms. The maximum Gasteiger partial charge on any atom is 0.270 e. The van der Waals surface area contributed by atoms with Crippen LogP contribution in [0.5, 0.6) is 17.2 Å². The van der Waals surface area contributed by atoms with E-state index in [4.69, 9.17) is 14.2 Å². The minimum Gasteiger partial charge on any atom is -0.496 e. The van der Waals surface area contributed by atoms with Crippen molar-refractivity contribution in [3.8, 4) is 17.2 Å². The highest BCUT2D eigenvalue weighted by molar-refractivity contribution is 5.99. The van der Waals surface area contributed by atoms with E-state index < -0.39 is 0 Å². The Morgan fingerprint density at radius 2 is 1.69 bits per heavy atom. The van der Waals surface area contributed by atoms with Crippen molar-refractivity contribution in [2.24, 2.45) is 0 Å². The van der Waals surface area contributed by atoms with Gasteiger partial charge in [-0.1, -0.05) is 6.07 Å². The molecule has 1 aliphatic rings. The second-order valence-corrected chi connectivity index (χ2v) is 6.37. The van der Waals surface area contributed by atoms with Gasteiger partial charge in [0.1, 0.15) is 22.8 Å². The predicted octanol–water partition coefficient (Wildman–Crippen LogP) is 0.760. The number of aromatic nitrogens is 1.